The van der Waals surface area contributed by atoms with E-state index in [-0.39, 0.29) is 13.2 Å². The molecule has 11 heavy (non-hydrogen) atoms. The van der Waals surface area contributed by atoms with Gasteiger partial charge in [0.05, 0.1) is 13.2 Å². The fourth-order valence-corrected chi connectivity index (χ4v) is 0.0577. The minimum Gasteiger partial charge on any atom is -0.394 e. The standard InChI is InChI=1S/C5H10.C3H8O3/c1-4-5(2)3;4-1-3(6)2-5/h4H,1-3H3;3-6H,1-2H2. The van der Waals surface area contributed by atoms with Crippen LogP contribution in [0.2, 0.25) is 0 Å². The quantitative estimate of drug-likeness (QED) is 0.512. The summed E-state index contributed by atoms with van der Waals surface area (Å²) in [4.78, 5) is 0. The van der Waals surface area contributed by atoms with Crippen molar-refractivity contribution in [1.29, 1.82) is 0 Å². The molecule has 3 heteroatoms. The van der Waals surface area contributed by atoms with E-state index in [0.717, 1.165) is 0 Å². The van der Waals surface area contributed by atoms with E-state index in [1.165, 1.54) is 5.57 Å². The predicted octanol–water partition coefficient (Wildman–Crippen LogP) is 0.304. The van der Waals surface area contributed by atoms with E-state index >= 15 is 0 Å². The molecule has 0 bridgehead atoms. The highest BCUT2D eigenvalue weighted by Gasteiger charge is 1.93. The maximum atomic E-state index is 8.17. The minimum absolute atomic E-state index is 0.365. The van der Waals surface area contributed by atoms with Crippen LogP contribution in [0.25, 0.3) is 0 Å². The molecule has 0 aromatic carbocycles. The highest BCUT2D eigenvalue weighted by Crippen LogP contribution is 1.82. The maximum absolute atomic E-state index is 8.17. The van der Waals surface area contributed by atoms with Crippen LogP contribution in [0.15, 0.2) is 11.6 Å². The van der Waals surface area contributed by atoms with Crippen molar-refractivity contribution < 1.29 is 15.3 Å². The summed E-state index contributed by atoms with van der Waals surface area (Å²) in [6.07, 6.45) is 1.13. The van der Waals surface area contributed by atoms with Gasteiger partial charge in [0.1, 0.15) is 6.10 Å². The molecular formula is C8H18O3. The van der Waals surface area contributed by atoms with Crippen molar-refractivity contribution in [2.24, 2.45) is 0 Å². The third-order valence-corrected chi connectivity index (χ3v) is 0.999. The first kappa shape index (κ1) is 13.2. The second-order valence-corrected chi connectivity index (χ2v) is 2.38. The van der Waals surface area contributed by atoms with E-state index in [4.69, 9.17) is 15.3 Å². The first-order valence-electron chi connectivity index (χ1n) is 3.57. The molecule has 0 aromatic heterocycles. The second-order valence-electron chi connectivity index (χ2n) is 2.38. The molecular weight excluding hydrogens is 144 g/mol. The molecule has 0 saturated carbocycles. The number of rotatable bonds is 2. The molecule has 0 aliphatic rings. The molecule has 68 valence electrons. The van der Waals surface area contributed by atoms with Gasteiger partial charge in [0, 0.05) is 0 Å². The van der Waals surface area contributed by atoms with Crippen LogP contribution in [0, 0.1) is 0 Å². The van der Waals surface area contributed by atoms with Crippen molar-refractivity contribution in [3.63, 3.8) is 0 Å². The van der Waals surface area contributed by atoms with Crippen LogP contribution in [-0.2, 0) is 0 Å². The molecule has 0 aliphatic heterocycles. The zero-order chi connectivity index (χ0) is 9.28. The van der Waals surface area contributed by atoms with E-state index in [0.29, 0.717) is 0 Å². The van der Waals surface area contributed by atoms with Gasteiger partial charge in [-0.3, -0.25) is 0 Å². The summed E-state index contributed by atoms with van der Waals surface area (Å²) in [5.41, 5.74) is 1.38. The van der Waals surface area contributed by atoms with Gasteiger partial charge < -0.3 is 15.3 Å². The van der Waals surface area contributed by atoms with Gasteiger partial charge in [-0.05, 0) is 20.8 Å². The molecule has 0 saturated heterocycles. The minimum atomic E-state index is -0.954. The van der Waals surface area contributed by atoms with E-state index in [9.17, 15) is 0 Å². The lowest BCUT2D eigenvalue weighted by Gasteiger charge is -1.96. The van der Waals surface area contributed by atoms with Crippen molar-refractivity contribution in [3.05, 3.63) is 11.6 Å². The van der Waals surface area contributed by atoms with Crippen molar-refractivity contribution in [3.8, 4) is 0 Å². The molecule has 0 atom stereocenters. The highest BCUT2D eigenvalue weighted by atomic mass is 16.3. The van der Waals surface area contributed by atoms with E-state index in [1.807, 2.05) is 6.92 Å². The van der Waals surface area contributed by atoms with Crippen LogP contribution < -0.4 is 0 Å². The van der Waals surface area contributed by atoms with Gasteiger partial charge in [0.2, 0.25) is 0 Å². The lowest BCUT2D eigenvalue weighted by molar-refractivity contribution is 0.0450. The molecule has 0 heterocycles. The first-order chi connectivity index (χ1) is 5.08. The van der Waals surface area contributed by atoms with Crippen LogP contribution in [0.5, 0.6) is 0 Å². The van der Waals surface area contributed by atoms with Crippen LogP contribution in [0.4, 0.5) is 0 Å². The molecule has 0 unspecified atom stereocenters. The highest BCUT2D eigenvalue weighted by molar-refractivity contribution is 4.88. The molecule has 3 nitrogen and oxygen atoms in total. The molecule has 0 aliphatic carbocycles. The Hall–Kier alpha value is -0.380. The average molecular weight is 162 g/mol. The molecule has 3 N–H and O–H groups in total. The third kappa shape index (κ3) is 17.7. The summed E-state index contributed by atoms with van der Waals surface area (Å²) in [5.74, 6) is 0. The smallest absolute Gasteiger partial charge is 0.100 e. The van der Waals surface area contributed by atoms with E-state index in [1.54, 1.807) is 0 Å². The van der Waals surface area contributed by atoms with E-state index in [2.05, 4.69) is 19.9 Å². The predicted molar refractivity (Wildman–Crippen MR) is 45.3 cm³/mol. The summed E-state index contributed by atoms with van der Waals surface area (Å²) in [7, 11) is 0. The van der Waals surface area contributed by atoms with Crippen LogP contribution >= 0.6 is 0 Å². The number of allylic oxidation sites excluding steroid dienone is 2. The number of hydrogen-bond donors (Lipinski definition) is 3. The summed E-state index contributed by atoms with van der Waals surface area (Å²) >= 11 is 0. The zero-order valence-corrected chi connectivity index (χ0v) is 7.41. The topological polar surface area (TPSA) is 60.7 Å². The van der Waals surface area contributed by atoms with Gasteiger partial charge in [0.15, 0.2) is 0 Å². The van der Waals surface area contributed by atoms with Crippen molar-refractivity contribution in [2.75, 3.05) is 13.2 Å². The SMILES string of the molecule is CC=C(C)C.OCC(O)CO. The Morgan fingerprint density at radius 3 is 1.55 bits per heavy atom. The lowest BCUT2D eigenvalue weighted by atomic mass is 10.3. The number of aliphatic hydroxyl groups is 3. The maximum Gasteiger partial charge on any atom is 0.100 e. The fraction of sp³-hybridized carbons (Fsp3) is 0.750. The number of hydrogen-bond acceptors (Lipinski definition) is 3. The third-order valence-electron chi connectivity index (χ3n) is 0.999. The summed E-state index contributed by atoms with van der Waals surface area (Å²) in [6, 6.07) is 0. The Balaban J connectivity index is 0. The summed E-state index contributed by atoms with van der Waals surface area (Å²) in [6.45, 7) is 5.47. The van der Waals surface area contributed by atoms with E-state index < -0.39 is 6.10 Å². The summed E-state index contributed by atoms with van der Waals surface area (Å²) in [5, 5.41) is 24.0. The fourth-order valence-electron chi connectivity index (χ4n) is 0.0577. The normalized spacial score (nSPS) is 8.64. The molecule has 0 spiro atoms. The Kier molecular flexibility index (Phi) is 11.6. The average Bonchev–Trinajstić information content (AvgIpc) is 2.04. The first-order valence-corrected chi connectivity index (χ1v) is 3.57. The lowest BCUT2D eigenvalue weighted by Crippen LogP contribution is -2.15. The van der Waals surface area contributed by atoms with Crippen LogP contribution in [0.3, 0.4) is 0 Å². The van der Waals surface area contributed by atoms with Gasteiger partial charge >= 0.3 is 0 Å². The monoisotopic (exact) mass is 162 g/mol. The van der Waals surface area contributed by atoms with Gasteiger partial charge in [0.25, 0.3) is 0 Å². The van der Waals surface area contributed by atoms with Gasteiger partial charge in [-0.15, -0.1) is 0 Å². The number of aliphatic hydroxyl groups excluding tert-OH is 3. The molecule has 0 radical (unpaired) electrons. The Morgan fingerprint density at radius 2 is 1.55 bits per heavy atom. The summed E-state index contributed by atoms with van der Waals surface area (Å²) < 4.78 is 0. The van der Waals surface area contributed by atoms with Gasteiger partial charge in [-0.1, -0.05) is 11.6 Å². The van der Waals surface area contributed by atoms with Crippen LogP contribution in [-0.4, -0.2) is 34.6 Å². The van der Waals surface area contributed by atoms with Gasteiger partial charge in [-0.25, -0.2) is 0 Å². The van der Waals surface area contributed by atoms with Crippen molar-refractivity contribution in [1.82, 2.24) is 0 Å². The Bertz CT molecular complexity index is 91.5. The molecule has 0 amide bonds. The zero-order valence-electron chi connectivity index (χ0n) is 7.41. The van der Waals surface area contributed by atoms with Crippen molar-refractivity contribution >= 4 is 0 Å². The largest absolute Gasteiger partial charge is 0.394 e. The molecule has 0 rings (SSSR count). The van der Waals surface area contributed by atoms with Gasteiger partial charge in [-0.2, -0.15) is 0 Å². The van der Waals surface area contributed by atoms with Crippen molar-refractivity contribution in [2.45, 2.75) is 26.9 Å². The Labute approximate surface area is 68.0 Å². The molecule has 0 fully saturated rings. The second kappa shape index (κ2) is 9.62. The Morgan fingerprint density at radius 1 is 1.27 bits per heavy atom. The van der Waals surface area contributed by atoms with Crippen LogP contribution in [0.1, 0.15) is 20.8 Å². The molecule has 0 aromatic rings.